The van der Waals surface area contributed by atoms with Crippen LogP contribution in [0.1, 0.15) is 62.5 Å². The number of nitrogens with zero attached hydrogens (tertiary/aromatic N) is 2. The van der Waals surface area contributed by atoms with Crippen molar-refractivity contribution >= 4 is 11.9 Å². The average Bonchev–Trinajstić information content (AvgIpc) is 3.03. The molecule has 0 saturated carbocycles. The van der Waals surface area contributed by atoms with E-state index in [-0.39, 0.29) is 11.9 Å². The van der Waals surface area contributed by atoms with Crippen LogP contribution in [0.25, 0.3) is 22.3 Å². The Hall–Kier alpha value is -5.20. The number of carbonyl (C=O) groups excluding carboxylic acids is 2. The molecule has 6 nitrogen and oxygen atoms in total. The predicted molar refractivity (Wildman–Crippen MR) is 161 cm³/mol. The first kappa shape index (κ1) is 29.8. The molecule has 0 unspecified atom stereocenters. The van der Waals surface area contributed by atoms with Gasteiger partial charge in [0, 0.05) is 12.8 Å². The smallest absolute Gasteiger partial charge is 0.311 e. The summed E-state index contributed by atoms with van der Waals surface area (Å²) in [5, 5.41) is 17.9. The van der Waals surface area contributed by atoms with Crippen LogP contribution in [0.5, 0.6) is 11.5 Å². The number of rotatable bonds is 13. The molecule has 4 rings (SSSR count). The van der Waals surface area contributed by atoms with Crippen molar-refractivity contribution in [3.8, 4) is 45.9 Å². The van der Waals surface area contributed by atoms with Gasteiger partial charge in [-0.1, -0.05) is 74.2 Å². The van der Waals surface area contributed by atoms with Crippen LogP contribution < -0.4 is 9.47 Å². The van der Waals surface area contributed by atoms with E-state index >= 15 is 0 Å². The quantitative estimate of drug-likeness (QED) is 0.0931. The first-order valence-electron chi connectivity index (χ1n) is 14.2. The molecule has 42 heavy (non-hydrogen) atoms. The molecule has 0 bridgehead atoms. The number of unbranched alkanes of at least 4 members (excludes halogenated alkanes) is 5. The number of ether oxygens (including phenoxy) is 2. The average molecular weight is 557 g/mol. The SMILES string of the molecule is N#Cc1ccc(-c2ccc(OC(=O)CCCCCCCCC(=O)Oc3cccc(-c4ccc(C#N)cc4)c3)cc2)cc1. The van der Waals surface area contributed by atoms with Gasteiger partial charge in [-0.2, -0.15) is 10.5 Å². The van der Waals surface area contributed by atoms with Crippen molar-refractivity contribution in [2.45, 2.75) is 51.4 Å². The highest BCUT2D eigenvalue weighted by Gasteiger charge is 2.08. The molecular formula is C36H32N2O4. The Balaban J connectivity index is 1.06. The van der Waals surface area contributed by atoms with Gasteiger partial charge in [0.05, 0.1) is 23.3 Å². The Labute approximate surface area is 246 Å². The largest absolute Gasteiger partial charge is 0.427 e. The third kappa shape index (κ3) is 9.18. The Morgan fingerprint density at radius 2 is 0.929 bits per heavy atom. The Morgan fingerprint density at radius 1 is 0.500 bits per heavy atom. The number of nitriles is 2. The predicted octanol–water partition coefficient (Wildman–Crippen LogP) is 8.40. The summed E-state index contributed by atoms with van der Waals surface area (Å²) >= 11 is 0. The zero-order chi connectivity index (χ0) is 29.6. The lowest BCUT2D eigenvalue weighted by molar-refractivity contribution is -0.135. The lowest BCUT2D eigenvalue weighted by atomic mass is 10.0. The first-order valence-corrected chi connectivity index (χ1v) is 14.2. The standard InChI is InChI=1S/C36H32N2O4/c37-25-27-12-16-29(17-13-27)30-20-22-33(23-21-30)41-35(39)10-5-3-1-2-4-6-11-36(40)42-34-9-7-8-32(24-34)31-18-14-28(26-38)15-19-31/h7-9,12-24H,1-6,10-11H2. The topological polar surface area (TPSA) is 100 Å². The minimum absolute atomic E-state index is 0.243. The van der Waals surface area contributed by atoms with E-state index in [0.29, 0.717) is 35.5 Å². The monoisotopic (exact) mass is 556 g/mol. The van der Waals surface area contributed by atoms with E-state index in [1.807, 2.05) is 54.6 Å². The van der Waals surface area contributed by atoms with Crippen molar-refractivity contribution in [3.05, 3.63) is 108 Å². The Kier molecular flexibility index (Phi) is 11.0. The maximum absolute atomic E-state index is 12.3. The molecule has 0 atom stereocenters. The molecule has 4 aromatic rings. The molecular weight excluding hydrogens is 524 g/mol. The van der Waals surface area contributed by atoms with Gasteiger partial charge in [-0.05, 0) is 83.6 Å². The fourth-order valence-electron chi connectivity index (χ4n) is 4.54. The van der Waals surface area contributed by atoms with Crippen molar-refractivity contribution in [2.24, 2.45) is 0 Å². The summed E-state index contributed by atoms with van der Waals surface area (Å²) in [6.45, 7) is 0. The van der Waals surface area contributed by atoms with Crippen LogP contribution in [0, 0.1) is 22.7 Å². The third-order valence-electron chi connectivity index (χ3n) is 6.86. The first-order chi connectivity index (χ1) is 20.5. The van der Waals surface area contributed by atoms with Gasteiger partial charge in [-0.15, -0.1) is 0 Å². The van der Waals surface area contributed by atoms with E-state index in [9.17, 15) is 9.59 Å². The van der Waals surface area contributed by atoms with Crippen molar-refractivity contribution in [1.29, 1.82) is 10.5 Å². The number of benzene rings is 4. The van der Waals surface area contributed by atoms with Crippen LogP contribution in [0.4, 0.5) is 0 Å². The Morgan fingerprint density at radius 3 is 1.43 bits per heavy atom. The number of hydrogen-bond acceptors (Lipinski definition) is 6. The molecule has 0 radical (unpaired) electrons. The second-order valence-corrected chi connectivity index (χ2v) is 10.00. The van der Waals surface area contributed by atoms with Gasteiger partial charge in [0.15, 0.2) is 0 Å². The van der Waals surface area contributed by atoms with E-state index in [2.05, 4.69) is 12.1 Å². The Bertz CT molecular complexity index is 1560. The van der Waals surface area contributed by atoms with Gasteiger partial charge < -0.3 is 9.47 Å². The summed E-state index contributed by atoms with van der Waals surface area (Å²) in [7, 11) is 0. The maximum atomic E-state index is 12.3. The lowest BCUT2D eigenvalue weighted by Crippen LogP contribution is -2.07. The summed E-state index contributed by atoms with van der Waals surface area (Å²) in [4.78, 5) is 24.5. The second-order valence-electron chi connectivity index (χ2n) is 10.00. The molecule has 4 aromatic carbocycles. The summed E-state index contributed by atoms with van der Waals surface area (Å²) in [5.41, 5.74) is 5.07. The molecule has 0 aliphatic rings. The fraction of sp³-hybridized carbons (Fsp3) is 0.222. The minimum Gasteiger partial charge on any atom is -0.427 e. The minimum atomic E-state index is -0.250. The molecule has 0 N–H and O–H groups in total. The molecule has 0 aromatic heterocycles. The van der Waals surface area contributed by atoms with E-state index < -0.39 is 0 Å². The maximum Gasteiger partial charge on any atom is 0.311 e. The van der Waals surface area contributed by atoms with E-state index in [1.165, 1.54) is 0 Å². The van der Waals surface area contributed by atoms with Gasteiger partial charge in [0.25, 0.3) is 0 Å². The van der Waals surface area contributed by atoms with E-state index in [1.54, 1.807) is 42.5 Å². The third-order valence-corrected chi connectivity index (χ3v) is 6.86. The van der Waals surface area contributed by atoms with Crippen molar-refractivity contribution in [3.63, 3.8) is 0 Å². The van der Waals surface area contributed by atoms with Crippen molar-refractivity contribution < 1.29 is 19.1 Å². The van der Waals surface area contributed by atoms with Gasteiger partial charge in [0.1, 0.15) is 11.5 Å². The van der Waals surface area contributed by atoms with Crippen LogP contribution in [0.3, 0.4) is 0 Å². The van der Waals surface area contributed by atoms with Gasteiger partial charge >= 0.3 is 11.9 Å². The van der Waals surface area contributed by atoms with Crippen LogP contribution in [-0.2, 0) is 9.59 Å². The zero-order valence-corrected chi connectivity index (χ0v) is 23.4. The van der Waals surface area contributed by atoms with Crippen LogP contribution in [0.2, 0.25) is 0 Å². The molecule has 0 heterocycles. The highest BCUT2D eigenvalue weighted by atomic mass is 16.5. The summed E-state index contributed by atoms with van der Waals surface area (Å²) < 4.78 is 11.0. The zero-order valence-electron chi connectivity index (χ0n) is 23.4. The molecule has 6 heteroatoms. The van der Waals surface area contributed by atoms with Gasteiger partial charge in [-0.25, -0.2) is 0 Å². The van der Waals surface area contributed by atoms with Gasteiger partial charge in [0.2, 0.25) is 0 Å². The molecule has 0 aliphatic carbocycles. The van der Waals surface area contributed by atoms with Crippen molar-refractivity contribution in [2.75, 3.05) is 0 Å². The summed E-state index contributed by atoms with van der Waals surface area (Å²) in [6, 6.07) is 33.6. The summed E-state index contributed by atoms with van der Waals surface area (Å²) in [6.07, 6.45) is 6.09. The van der Waals surface area contributed by atoms with Gasteiger partial charge in [-0.3, -0.25) is 9.59 Å². The van der Waals surface area contributed by atoms with Crippen LogP contribution >= 0.6 is 0 Å². The normalized spacial score (nSPS) is 10.3. The molecule has 210 valence electrons. The molecule has 0 aliphatic heterocycles. The van der Waals surface area contributed by atoms with Crippen LogP contribution in [0.15, 0.2) is 97.1 Å². The molecule has 0 saturated heterocycles. The highest BCUT2D eigenvalue weighted by Crippen LogP contribution is 2.25. The molecule has 0 spiro atoms. The van der Waals surface area contributed by atoms with E-state index in [0.717, 1.165) is 60.8 Å². The number of esters is 2. The van der Waals surface area contributed by atoms with Crippen LogP contribution in [-0.4, -0.2) is 11.9 Å². The highest BCUT2D eigenvalue weighted by molar-refractivity contribution is 5.74. The lowest BCUT2D eigenvalue weighted by Gasteiger charge is -2.07. The number of hydrogen-bond donors (Lipinski definition) is 0. The van der Waals surface area contributed by atoms with Crippen molar-refractivity contribution in [1.82, 2.24) is 0 Å². The summed E-state index contributed by atoms with van der Waals surface area (Å²) in [5.74, 6) is 0.535. The molecule has 0 fully saturated rings. The van der Waals surface area contributed by atoms with E-state index in [4.69, 9.17) is 20.0 Å². The molecule has 0 amide bonds. The fourth-order valence-corrected chi connectivity index (χ4v) is 4.54. The second kappa shape index (κ2) is 15.6. The number of carbonyl (C=O) groups is 2.